The van der Waals surface area contributed by atoms with Crippen LogP contribution < -0.4 is 0 Å². The van der Waals surface area contributed by atoms with E-state index in [2.05, 4.69) is 0 Å². The van der Waals surface area contributed by atoms with Crippen molar-refractivity contribution in [2.75, 3.05) is 6.54 Å². The second-order valence-electron chi connectivity index (χ2n) is 3.70. The van der Waals surface area contributed by atoms with Gasteiger partial charge in [-0.1, -0.05) is 23.7 Å². The Balaban J connectivity index is 2.18. The molecular weight excluding hydrogens is 242 g/mol. The van der Waals surface area contributed by atoms with Gasteiger partial charge in [0.1, 0.15) is 11.2 Å². The normalized spacial score (nSPS) is 19.1. The summed E-state index contributed by atoms with van der Waals surface area (Å²) in [4.78, 5) is 13.2. The fourth-order valence-corrected chi connectivity index (χ4v) is 2.85. The molecule has 16 heavy (non-hydrogen) atoms. The van der Waals surface area contributed by atoms with Crippen LogP contribution >= 0.6 is 23.4 Å². The van der Waals surface area contributed by atoms with Crippen LogP contribution in [0.15, 0.2) is 35.9 Å². The summed E-state index contributed by atoms with van der Waals surface area (Å²) in [7, 11) is 0. The van der Waals surface area contributed by atoms with Gasteiger partial charge in [-0.2, -0.15) is 0 Å². The molecule has 1 aliphatic heterocycles. The van der Waals surface area contributed by atoms with E-state index in [4.69, 9.17) is 11.6 Å². The standard InChI is InChI=1S/C12H12ClNOS/c1-9(15)8-14-5-6-16-12(14)10-3-2-4-11(13)7-10/h2-7,12H,8H2,1H3. The van der Waals surface area contributed by atoms with E-state index in [1.807, 2.05) is 40.8 Å². The zero-order valence-electron chi connectivity index (χ0n) is 8.89. The van der Waals surface area contributed by atoms with Gasteiger partial charge in [-0.15, -0.1) is 11.8 Å². The van der Waals surface area contributed by atoms with Crippen LogP contribution in [0.5, 0.6) is 0 Å². The van der Waals surface area contributed by atoms with E-state index in [1.165, 1.54) is 0 Å². The van der Waals surface area contributed by atoms with Crippen LogP contribution in [0.1, 0.15) is 17.9 Å². The largest absolute Gasteiger partial charge is 0.354 e. The lowest BCUT2D eigenvalue weighted by molar-refractivity contribution is -0.117. The minimum Gasteiger partial charge on any atom is -0.354 e. The highest BCUT2D eigenvalue weighted by Gasteiger charge is 2.22. The summed E-state index contributed by atoms with van der Waals surface area (Å²) in [5, 5.41) is 2.91. The molecule has 0 aliphatic carbocycles. The number of ketones is 1. The number of thioether (sulfide) groups is 1. The van der Waals surface area contributed by atoms with Crippen molar-refractivity contribution in [1.82, 2.24) is 4.90 Å². The fraction of sp³-hybridized carbons (Fsp3) is 0.250. The molecule has 0 saturated carbocycles. The Hall–Kier alpha value is -0.930. The van der Waals surface area contributed by atoms with Gasteiger partial charge in [-0.3, -0.25) is 4.79 Å². The van der Waals surface area contributed by atoms with E-state index in [1.54, 1.807) is 18.7 Å². The molecule has 0 bridgehead atoms. The summed E-state index contributed by atoms with van der Waals surface area (Å²) in [6, 6.07) is 7.76. The van der Waals surface area contributed by atoms with Gasteiger partial charge in [0.2, 0.25) is 0 Å². The highest BCUT2D eigenvalue weighted by atomic mass is 35.5. The number of nitrogens with zero attached hydrogens (tertiary/aromatic N) is 1. The highest BCUT2D eigenvalue weighted by Crippen LogP contribution is 2.39. The monoisotopic (exact) mass is 253 g/mol. The Morgan fingerprint density at radius 1 is 1.56 bits per heavy atom. The first-order chi connectivity index (χ1) is 7.66. The summed E-state index contributed by atoms with van der Waals surface area (Å²) in [5.41, 5.74) is 1.13. The van der Waals surface area contributed by atoms with E-state index in [0.717, 1.165) is 10.6 Å². The third-order valence-corrected chi connectivity index (χ3v) is 3.61. The molecule has 1 unspecified atom stereocenters. The highest BCUT2D eigenvalue weighted by molar-refractivity contribution is 8.02. The summed E-state index contributed by atoms with van der Waals surface area (Å²) in [6.07, 6.45) is 1.96. The molecule has 1 aliphatic rings. The molecule has 0 saturated heterocycles. The molecule has 2 nitrogen and oxygen atoms in total. The topological polar surface area (TPSA) is 20.3 Å². The average molecular weight is 254 g/mol. The van der Waals surface area contributed by atoms with E-state index < -0.39 is 0 Å². The van der Waals surface area contributed by atoms with E-state index >= 15 is 0 Å². The van der Waals surface area contributed by atoms with Crippen molar-refractivity contribution < 1.29 is 4.79 Å². The second kappa shape index (κ2) is 4.93. The van der Waals surface area contributed by atoms with Crippen LogP contribution in [0.2, 0.25) is 5.02 Å². The van der Waals surface area contributed by atoms with Gasteiger partial charge in [0.15, 0.2) is 0 Å². The number of hydrogen-bond donors (Lipinski definition) is 0. The molecule has 1 atom stereocenters. The SMILES string of the molecule is CC(=O)CN1C=CSC1c1cccc(Cl)c1. The maximum Gasteiger partial charge on any atom is 0.149 e. The third-order valence-electron chi connectivity index (χ3n) is 2.30. The van der Waals surface area contributed by atoms with Crippen molar-refractivity contribution >= 4 is 29.1 Å². The zero-order chi connectivity index (χ0) is 11.5. The van der Waals surface area contributed by atoms with Gasteiger partial charge < -0.3 is 4.90 Å². The quantitative estimate of drug-likeness (QED) is 0.823. The van der Waals surface area contributed by atoms with Crippen molar-refractivity contribution in [3.05, 3.63) is 46.5 Å². The van der Waals surface area contributed by atoms with Crippen molar-refractivity contribution in [2.45, 2.75) is 12.3 Å². The maximum absolute atomic E-state index is 11.1. The molecule has 0 fully saturated rings. The molecule has 4 heteroatoms. The summed E-state index contributed by atoms with van der Waals surface area (Å²) in [5.74, 6) is 0.166. The van der Waals surface area contributed by atoms with E-state index in [-0.39, 0.29) is 11.2 Å². The molecular formula is C12H12ClNOS. The minimum atomic E-state index is 0.166. The second-order valence-corrected chi connectivity index (χ2v) is 5.13. The van der Waals surface area contributed by atoms with Gasteiger partial charge >= 0.3 is 0 Å². The Morgan fingerprint density at radius 2 is 2.38 bits per heavy atom. The Bertz CT molecular complexity index is 433. The molecule has 0 amide bonds. The summed E-state index contributed by atoms with van der Waals surface area (Å²) < 4.78 is 0. The molecule has 0 aromatic heterocycles. The Labute approximate surface area is 104 Å². The van der Waals surface area contributed by atoms with Crippen LogP contribution in [0.4, 0.5) is 0 Å². The first-order valence-corrected chi connectivity index (χ1v) is 6.31. The lowest BCUT2D eigenvalue weighted by atomic mass is 10.2. The molecule has 1 heterocycles. The predicted molar refractivity (Wildman–Crippen MR) is 68.3 cm³/mol. The van der Waals surface area contributed by atoms with Crippen LogP contribution in [0.3, 0.4) is 0 Å². The van der Waals surface area contributed by atoms with E-state index in [0.29, 0.717) is 6.54 Å². The number of carbonyl (C=O) groups excluding carboxylic acids is 1. The molecule has 0 spiro atoms. The minimum absolute atomic E-state index is 0.166. The van der Waals surface area contributed by atoms with Gasteiger partial charge in [0.05, 0.1) is 6.54 Å². The lowest BCUT2D eigenvalue weighted by Crippen LogP contribution is -2.23. The number of benzene rings is 1. The summed E-state index contributed by atoms with van der Waals surface area (Å²) >= 11 is 7.65. The summed E-state index contributed by atoms with van der Waals surface area (Å²) in [6.45, 7) is 2.05. The van der Waals surface area contributed by atoms with E-state index in [9.17, 15) is 4.79 Å². The smallest absolute Gasteiger partial charge is 0.149 e. The first kappa shape index (κ1) is 11.6. The fourth-order valence-electron chi connectivity index (χ4n) is 1.67. The number of hydrogen-bond acceptors (Lipinski definition) is 3. The Morgan fingerprint density at radius 3 is 3.06 bits per heavy atom. The Kier molecular flexibility index (Phi) is 3.56. The van der Waals surface area contributed by atoms with Crippen molar-refractivity contribution in [3.8, 4) is 0 Å². The van der Waals surface area contributed by atoms with Gasteiger partial charge in [0, 0.05) is 11.2 Å². The molecule has 0 N–H and O–H groups in total. The van der Waals surface area contributed by atoms with Gasteiger partial charge in [0.25, 0.3) is 0 Å². The maximum atomic E-state index is 11.1. The number of halogens is 1. The number of rotatable bonds is 3. The van der Waals surface area contributed by atoms with Gasteiger partial charge in [-0.05, 0) is 30.0 Å². The van der Waals surface area contributed by atoms with Crippen LogP contribution in [0, 0.1) is 0 Å². The zero-order valence-corrected chi connectivity index (χ0v) is 10.5. The van der Waals surface area contributed by atoms with Gasteiger partial charge in [-0.25, -0.2) is 0 Å². The van der Waals surface area contributed by atoms with Crippen LogP contribution in [-0.4, -0.2) is 17.2 Å². The number of Topliss-reactive ketones (excluding diaryl/α,β-unsaturated/α-hetero) is 1. The van der Waals surface area contributed by atoms with Crippen LogP contribution in [0.25, 0.3) is 0 Å². The third kappa shape index (κ3) is 2.60. The van der Waals surface area contributed by atoms with Crippen LogP contribution in [-0.2, 0) is 4.79 Å². The molecule has 1 aromatic carbocycles. The first-order valence-electron chi connectivity index (χ1n) is 4.99. The van der Waals surface area contributed by atoms with Crippen molar-refractivity contribution in [3.63, 3.8) is 0 Å². The molecule has 0 radical (unpaired) electrons. The average Bonchev–Trinajstić information content (AvgIpc) is 2.65. The lowest BCUT2D eigenvalue weighted by Gasteiger charge is -2.23. The molecule has 84 valence electrons. The predicted octanol–water partition coefficient (Wildman–Crippen LogP) is 3.45. The molecule has 2 rings (SSSR count). The number of carbonyl (C=O) groups is 1. The van der Waals surface area contributed by atoms with Crippen molar-refractivity contribution in [1.29, 1.82) is 0 Å². The molecule has 1 aromatic rings. The van der Waals surface area contributed by atoms with Crippen molar-refractivity contribution in [2.24, 2.45) is 0 Å².